The van der Waals surface area contributed by atoms with Crippen LogP contribution in [0.15, 0.2) is 24.3 Å². The van der Waals surface area contributed by atoms with E-state index in [1.165, 1.54) is 49.3 Å². The van der Waals surface area contributed by atoms with E-state index in [9.17, 15) is 0 Å². The Hall–Kier alpha value is -0.386. The van der Waals surface area contributed by atoms with Gasteiger partial charge in [0.2, 0.25) is 8.32 Å². The summed E-state index contributed by atoms with van der Waals surface area (Å²) >= 11 is 0. The molecule has 2 fully saturated rings. The second-order valence-electron chi connectivity index (χ2n) is 12.1. The maximum Gasteiger partial charge on any atom is 0.205 e. The van der Waals surface area contributed by atoms with E-state index >= 15 is 0 Å². The Kier molecular flexibility index (Phi) is 7.23. The maximum absolute atomic E-state index is 7.26. The molecule has 0 spiro atoms. The van der Waals surface area contributed by atoms with E-state index in [1.807, 2.05) is 0 Å². The van der Waals surface area contributed by atoms with Crippen molar-refractivity contribution in [3.8, 4) is 0 Å². The standard InChI is InChI=1S/C26H46OSi2/c1-19(2)12-13-23-15-22-17-25(23)26(18-22)29(7,8)27-28(5,6)24-11-9-10-21(16-24)14-20(3)4/h9-11,16,19-20,22-23,25-26H,12-15,17-18H2,1-8H3/t22-,23+,25-,26?/m1/s1. The monoisotopic (exact) mass is 430 g/mol. The highest BCUT2D eigenvalue weighted by Gasteiger charge is 2.53. The topological polar surface area (TPSA) is 9.23 Å². The van der Waals surface area contributed by atoms with Gasteiger partial charge >= 0.3 is 0 Å². The van der Waals surface area contributed by atoms with Crippen molar-refractivity contribution in [2.24, 2.45) is 29.6 Å². The van der Waals surface area contributed by atoms with Gasteiger partial charge in [0.15, 0.2) is 8.32 Å². The van der Waals surface area contributed by atoms with Crippen molar-refractivity contribution in [1.29, 1.82) is 0 Å². The number of rotatable bonds is 9. The summed E-state index contributed by atoms with van der Waals surface area (Å²) in [4.78, 5) is 0. The molecule has 3 rings (SSSR count). The number of fused-ring (bicyclic) bond motifs is 2. The Bertz CT molecular complexity index is 679. The van der Waals surface area contributed by atoms with Crippen molar-refractivity contribution in [1.82, 2.24) is 0 Å². The van der Waals surface area contributed by atoms with E-state index in [4.69, 9.17) is 4.12 Å². The minimum Gasteiger partial charge on any atom is -0.452 e. The van der Waals surface area contributed by atoms with Gasteiger partial charge in [-0.15, -0.1) is 0 Å². The molecule has 1 aromatic rings. The van der Waals surface area contributed by atoms with Gasteiger partial charge in [-0.05, 0) is 104 Å². The molecule has 0 radical (unpaired) electrons. The van der Waals surface area contributed by atoms with Gasteiger partial charge in [-0.25, -0.2) is 0 Å². The summed E-state index contributed by atoms with van der Waals surface area (Å²) < 4.78 is 7.26. The first-order valence-corrected chi connectivity index (χ1v) is 18.2. The van der Waals surface area contributed by atoms with E-state index in [2.05, 4.69) is 78.1 Å². The van der Waals surface area contributed by atoms with E-state index in [-0.39, 0.29) is 0 Å². The van der Waals surface area contributed by atoms with Gasteiger partial charge in [-0.3, -0.25) is 0 Å². The molecule has 2 saturated carbocycles. The van der Waals surface area contributed by atoms with E-state index in [0.29, 0.717) is 5.92 Å². The van der Waals surface area contributed by atoms with Crippen LogP contribution in [0.1, 0.15) is 65.4 Å². The molecule has 0 aliphatic heterocycles. The minimum atomic E-state index is -1.89. The van der Waals surface area contributed by atoms with Crippen molar-refractivity contribution in [2.45, 2.75) is 97.9 Å². The lowest BCUT2D eigenvalue weighted by atomic mass is 9.83. The first-order valence-electron chi connectivity index (χ1n) is 12.3. The molecule has 4 atom stereocenters. The highest BCUT2D eigenvalue weighted by molar-refractivity contribution is 6.92. The highest BCUT2D eigenvalue weighted by Crippen LogP contribution is 2.59. The van der Waals surface area contributed by atoms with Gasteiger partial charge in [-0.2, -0.15) is 0 Å². The lowest BCUT2D eigenvalue weighted by molar-refractivity contribution is 0.280. The van der Waals surface area contributed by atoms with Crippen LogP contribution < -0.4 is 5.19 Å². The predicted molar refractivity (Wildman–Crippen MR) is 133 cm³/mol. The van der Waals surface area contributed by atoms with E-state index in [1.54, 1.807) is 0 Å². The summed E-state index contributed by atoms with van der Waals surface area (Å²) in [5.41, 5.74) is 2.36. The molecule has 2 bridgehead atoms. The van der Waals surface area contributed by atoms with Crippen LogP contribution >= 0.6 is 0 Å². The van der Waals surface area contributed by atoms with Crippen molar-refractivity contribution in [3.63, 3.8) is 0 Å². The fourth-order valence-electron chi connectivity index (χ4n) is 6.51. The van der Waals surface area contributed by atoms with Crippen LogP contribution in [-0.2, 0) is 10.5 Å². The lowest BCUT2D eigenvalue weighted by Gasteiger charge is -2.43. The zero-order chi connectivity index (χ0) is 21.4. The molecule has 1 nitrogen and oxygen atoms in total. The molecule has 164 valence electrons. The van der Waals surface area contributed by atoms with E-state index < -0.39 is 16.6 Å². The predicted octanol–water partition coefficient (Wildman–Crippen LogP) is 7.37. The molecule has 1 aromatic carbocycles. The maximum atomic E-state index is 7.26. The van der Waals surface area contributed by atoms with Gasteiger partial charge in [0.25, 0.3) is 0 Å². The Morgan fingerprint density at radius 1 is 0.966 bits per heavy atom. The summed E-state index contributed by atoms with van der Waals surface area (Å²) in [5.74, 6) is 4.49. The van der Waals surface area contributed by atoms with Crippen molar-refractivity contribution in [3.05, 3.63) is 29.8 Å². The SMILES string of the molecule is CC(C)CC[C@H]1C[C@H]2CC([Si](C)(C)O[Si](C)(C)c3cccc(CC(C)C)c3)[C@@H]1C2. The third-order valence-electron chi connectivity index (χ3n) is 7.74. The molecule has 0 aromatic heterocycles. The third-order valence-corrected chi connectivity index (χ3v) is 16.0. The third kappa shape index (κ3) is 5.65. The molecular formula is C26H46OSi2. The van der Waals surface area contributed by atoms with Gasteiger partial charge in [0.05, 0.1) is 0 Å². The summed E-state index contributed by atoms with van der Waals surface area (Å²) in [6.45, 7) is 19.4. The zero-order valence-electron chi connectivity index (χ0n) is 20.4. The van der Waals surface area contributed by atoms with Crippen LogP contribution in [0.25, 0.3) is 0 Å². The second-order valence-corrected chi connectivity index (χ2v) is 20.5. The van der Waals surface area contributed by atoms with Gasteiger partial charge < -0.3 is 4.12 Å². The van der Waals surface area contributed by atoms with Crippen molar-refractivity contribution < 1.29 is 4.12 Å². The second kappa shape index (κ2) is 9.00. The van der Waals surface area contributed by atoms with Crippen LogP contribution in [0.5, 0.6) is 0 Å². The Labute approximate surface area is 183 Å². The number of benzene rings is 1. The normalized spacial score (nSPS) is 27.4. The summed E-state index contributed by atoms with van der Waals surface area (Å²) in [6.07, 6.45) is 8.50. The summed E-state index contributed by atoms with van der Waals surface area (Å²) in [7, 11) is -3.62. The fourth-order valence-corrected chi connectivity index (χ4v) is 16.2. The number of hydrogen-bond acceptors (Lipinski definition) is 1. The molecule has 0 N–H and O–H groups in total. The minimum absolute atomic E-state index is 0.707. The molecule has 0 amide bonds. The van der Waals surface area contributed by atoms with Crippen LogP contribution in [0.4, 0.5) is 0 Å². The molecule has 2 aliphatic rings. The summed E-state index contributed by atoms with van der Waals surface area (Å²) in [5, 5.41) is 1.50. The van der Waals surface area contributed by atoms with Crippen LogP contribution in [0.3, 0.4) is 0 Å². The van der Waals surface area contributed by atoms with Crippen molar-refractivity contribution in [2.75, 3.05) is 0 Å². The van der Waals surface area contributed by atoms with Gasteiger partial charge in [0, 0.05) is 0 Å². The quantitative estimate of drug-likeness (QED) is 0.371. The first kappa shape index (κ1) is 23.3. The average molecular weight is 431 g/mol. The summed E-state index contributed by atoms with van der Waals surface area (Å²) in [6, 6.07) is 9.36. The average Bonchev–Trinajstić information content (AvgIpc) is 3.19. The molecule has 0 saturated heterocycles. The smallest absolute Gasteiger partial charge is 0.205 e. The molecular weight excluding hydrogens is 384 g/mol. The molecule has 0 heterocycles. The Morgan fingerprint density at radius 2 is 1.69 bits per heavy atom. The number of hydrogen-bond donors (Lipinski definition) is 0. The van der Waals surface area contributed by atoms with Crippen LogP contribution in [0, 0.1) is 29.6 Å². The Morgan fingerprint density at radius 3 is 2.31 bits per heavy atom. The van der Waals surface area contributed by atoms with E-state index in [0.717, 1.165) is 29.2 Å². The zero-order valence-corrected chi connectivity index (χ0v) is 22.4. The van der Waals surface area contributed by atoms with Gasteiger partial charge in [-0.1, -0.05) is 58.4 Å². The van der Waals surface area contributed by atoms with Crippen LogP contribution in [-0.4, -0.2) is 16.6 Å². The van der Waals surface area contributed by atoms with Crippen molar-refractivity contribution >= 4 is 21.8 Å². The first-order chi connectivity index (χ1) is 13.5. The molecule has 2 aliphatic carbocycles. The fraction of sp³-hybridized carbons (Fsp3) is 0.769. The highest BCUT2D eigenvalue weighted by atomic mass is 28.4. The lowest BCUT2D eigenvalue weighted by Crippen LogP contribution is -2.55. The van der Waals surface area contributed by atoms with Gasteiger partial charge in [0.1, 0.15) is 0 Å². The molecule has 3 heteroatoms. The molecule has 29 heavy (non-hydrogen) atoms. The Balaban J connectivity index is 1.71. The van der Waals surface area contributed by atoms with Crippen LogP contribution in [0.2, 0.25) is 31.7 Å². The molecule has 1 unspecified atom stereocenters. The largest absolute Gasteiger partial charge is 0.452 e.